The van der Waals surface area contributed by atoms with E-state index in [-0.39, 0.29) is 5.91 Å². The van der Waals surface area contributed by atoms with E-state index in [0.29, 0.717) is 19.7 Å². The molecule has 0 spiro atoms. The number of aliphatic hydroxyl groups excluding tert-OH is 1. The zero-order valence-electron chi connectivity index (χ0n) is 16.6. The maximum absolute atomic E-state index is 11.5. The maximum Gasteiger partial charge on any atom is 0.248 e. The lowest BCUT2D eigenvalue weighted by atomic mass is 10.2. The van der Waals surface area contributed by atoms with Gasteiger partial charge in [-0.25, -0.2) is 4.98 Å². The number of aromatic nitrogens is 2. The van der Waals surface area contributed by atoms with E-state index in [0.717, 1.165) is 42.3 Å². The van der Waals surface area contributed by atoms with Gasteiger partial charge in [-0.1, -0.05) is 18.2 Å². The minimum Gasteiger partial charge on any atom is -0.487 e. The number of aliphatic hydroxyl groups is 1. The molecule has 0 atom stereocenters. The van der Waals surface area contributed by atoms with Crippen LogP contribution in [0.4, 0.5) is 0 Å². The van der Waals surface area contributed by atoms with Crippen molar-refractivity contribution < 1.29 is 14.6 Å². The van der Waals surface area contributed by atoms with E-state index in [1.54, 1.807) is 4.90 Å². The molecule has 1 N–H and O–H groups in total. The number of hydrogen-bond acceptors (Lipinski definition) is 5. The molecule has 1 aliphatic heterocycles. The summed E-state index contributed by atoms with van der Waals surface area (Å²) in [5, 5.41) is 8.96. The van der Waals surface area contributed by atoms with Crippen LogP contribution in [0.25, 0.3) is 5.65 Å². The molecule has 152 valence electrons. The first kappa shape index (κ1) is 19.4. The predicted octanol–water partition coefficient (Wildman–Crippen LogP) is 1.86. The Kier molecular flexibility index (Phi) is 5.78. The molecule has 1 aromatic carbocycles. The number of benzene rings is 1. The van der Waals surface area contributed by atoms with Crippen LogP contribution < -0.4 is 4.74 Å². The molecule has 0 saturated carbocycles. The van der Waals surface area contributed by atoms with Gasteiger partial charge in [0.15, 0.2) is 0 Å². The van der Waals surface area contributed by atoms with Crippen LogP contribution in [0.1, 0.15) is 16.8 Å². The lowest BCUT2D eigenvalue weighted by Gasteiger charge is -2.34. The van der Waals surface area contributed by atoms with Crippen molar-refractivity contribution in [2.24, 2.45) is 0 Å². The summed E-state index contributed by atoms with van der Waals surface area (Å²) < 4.78 is 7.92. The molecule has 7 nitrogen and oxygen atoms in total. The van der Waals surface area contributed by atoms with Gasteiger partial charge in [-0.15, -0.1) is 0 Å². The fraction of sp³-hybridized carbons (Fsp3) is 0.364. The summed E-state index contributed by atoms with van der Waals surface area (Å²) in [4.78, 5) is 20.2. The molecule has 0 unspecified atom stereocenters. The van der Waals surface area contributed by atoms with Crippen molar-refractivity contribution in [1.29, 1.82) is 0 Å². The van der Waals surface area contributed by atoms with Crippen LogP contribution in [-0.2, 0) is 17.9 Å². The SMILES string of the molecule is Cc1cccn2cc(COc3ccc(CN4CCN(C(=O)CO)CC4)cc3)nc12. The van der Waals surface area contributed by atoms with E-state index in [1.165, 1.54) is 5.56 Å². The Morgan fingerprint density at radius 2 is 1.90 bits per heavy atom. The van der Waals surface area contributed by atoms with Gasteiger partial charge >= 0.3 is 0 Å². The number of piperazine rings is 1. The van der Waals surface area contributed by atoms with Gasteiger partial charge in [-0.05, 0) is 36.2 Å². The van der Waals surface area contributed by atoms with Crippen molar-refractivity contribution in [1.82, 2.24) is 19.2 Å². The molecule has 29 heavy (non-hydrogen) atoms. The Morgan fingerprint density at radius 3 is 2.59 bits per heavy atom. The molecule has 0 aliphatic carbocycles. The van der Waals surface area contributed by atoms with Crippen molar-refractivity contribution in [2.45, 2.75) is 20.1 Å². The van der Waals surface area contributed by atoms with Crippen LogP contribution in [0.15, 0.2) is 48.8 Å². The zero-order valence-corrected chi connectivity index (χ0v) is 16.6. The van der Waals surface area contributed by atoms with Gasteiger partial charge in [0.1, 0.15) is 24.6 Å². The summed E-state index contributed by atoms with van der Waals surface area (Å²) in [6.07, 6.45) is 3.99. The van der Waals surface area contributed by atoms with Crippen LogP contribution in [0, 0.1) is 6.92 Å². The zero-order chi connectivity index (χ0) is 20.2. The summed E-state index contributed by atoms with van der Waals surface area (Å²) in [5.74, 6) is 0.632. The van der Waals surface area contributed by atoms with E-state index >= 15 is 0 Å². The van der Waals surface area contributed by atoms with Gasteiger partial charge in [-0.3, -0.25) is 9.69 Å². The fourth-order valence-electron chi connectivity index (χ4n) is 3.64. The third kappa shape index (κ3) is 4.58. The first-order chi connectivity index (χ1) is 14.1. The highest BCUT2D eigenvalue weighted by molar-refractivity contribution is 5.77. The van der Waals surface area contributed by atoms with Crippen LogP contribution in [0.2, 0.25) is 0 Å². The van der Waals surface area contributed by atoms with E-state index in [4.69, 9.17) is 9.84 Å². The number of ether oxygens (including phenoxy) is 1. The molecule has 4 rings (SSSR count). The number of carbonyl (C=O) groups excluding carboxylic acids is 1. The van der Waals surface area contributed by atoms with Gasteiger partial charge < -0.3 is 19.1 Å². The number of fused-ring (bicyclic) bond motifs is 1. The van der Waals surface area contributed by atoms with Crippen molar-refractivity contribution in [3.63, 3.8) is 0 Å². The van der Waals surface area contributed by atoms with Crippen LogP contribution >= 0.6 is 0 Å². The molecule has 1 fully saturated rings. The fourth-order valence-corrected chi connectivity index (χ4v) is 3.64. The maximum atomic E-state index is 11.5. The summed E-state index contributed by atoms with van der Waals surface area (Å²) in [7, 11) is 0. The van der Waals surface area contributed by atoms with Crippen LogP contribution in [-0.4, -0.2) is 63.0 Å². The molecule has 7 heteroatoms. The highest BCUT2D eigenvalue weighted by Gasteiger charge is 2.20. The quantitative estimate of drug-likeness (QED) is 0.691. The number of rotatable bonds is 6. The van der Waals surface area contributed by atoms with Gasteiger partial charge in [0.05, 0.1) is 5.69 Å². The lowest BCUT2D eigenvalue weighted by Crippen LogP contribution is -2.49. The second kappa shape index (κ2) is 8.63. The molecule has 0 radical (unpaired) electrons. The van der Waals surface area contributed by atoms with E-state index in [1.807, 2.05) is 35.0 Å². The minimum absolute atomic E-state index is 0.188. The van der Waals surface area contributed by atoms with Gasteiger partial charge in [-0.2, -0.15) is 0 Å². The largest absolute Gasteiger partial charge is 0.487 e. The van der Waals surface area contributed by atoms with Crippen LogP contribution in [0.5, 0.6) is 5.75 Å². The monoisotopic (exact) mass is 394 g/mol. The third-order valence-electron chi connectivity index (χ3n) is 5.30. The normalized spacial score (nSPS) is 15.0. The molecule has 3 aromatic rings. The molecule has 2 aromatic heterocycles. The van der Waals surface area contributed by atoms with Crippen molar-refractivity contribution >= 4 is 11.6 Å². The van der Waals surface area contributed by atoms with E-state index in [2.05, 4.69) is 35.0 Å². The van der Waals surface area contributed by atoms with Crippen molar-refractivity contribution in [3.05, 3.63) is 65.6 Å². The lowest BCUT2D eigenvalue weighted by molar-refractivity contribution is -0.135. The Morgan fingerprint density at radius 1 is 1.14 bits per heavy atom. The topological polar surface area (TPSA) is 70.3 Å². The highest BCUT2D eigenvalue weighted by Crippen LogP contribution is 2.17. The molecule has 1 amide bonds. The van der Waals surface area contributed by atoms with Gasteiger partial charge in [0, 0.05) is 45.1 Å². The van der Waals surface area contributed by atoms with Crippen molar-refractivity contribution in [3.8, 4) is 5.75 Å². The Bertz CT molecular complexity index is 975. The van der Waals surface area contributed by atoms with Crippen molar-refractivity contribution in [2.75, 3.05) is 32.8 Å². The second-order valence-electron chi connectivity index (χ2n) is 7.40. The number of hydrogen-bond donors (Lipinski definition) is 1. The average Bonchev–Trinajstić information content (AvgIpc) is 3.18. The number of nitrogens with zero attached hydrogens (tertiary/aromatic N) is 4. The second-order valence-corrected chi connectivity index (χ2v) is 7.40. The Hall–Kier alpha value is -2.90. The summed E-state index contributed by atoms with van der Waals surface area (Å²) in [5.41, 5.74) is 4.22. The minimum atomic E-state index is -0.407. The number of pyridine rings is 1. The number of aryl methyl sites for hydroxylation is 1. The molecular formula is C22H26N4O3. The Labute approximate surface area is 170 Å². The molecular weight excluding hydrogens is 368 g/mol. The molecule has 1 saturated heterocycles. The number of amides is 1. The smallest absolute Gasteiger partial charge is 0.248 e. The van der Waals surface area contributed by atoms with Gasteiger partial charge in [0.25, 0.3) is 0 Å². The first-order valence-electron chi connectivity index (χ1n) is 9.88. The Balaban J connectivity index is 1.29. The molecule has 1 aliphatic rings. The van der Waals surface area contributed by atoms with Crippen LogP contribution in [0.3, 0.4) is 0 Å². The van der Waals surface area contributed by atoms with E-state index in [9.17, 15) is 4.79 Å². The molecule has 3 heterocycles. The molecule has 0 bridgehead atoms. The predicted molar refractivity (Wildman–Crippen MR) is 110 cm³/mol. The van der Waals surface area contributed by atoms with Gasteiger partial charge in [0.2, 0.25) is 5.91 Å². The standard InChI is InChI=1S/C22H26N4O3/c1-17-3-2-8-26-14-19(23-22(17)26)16-29-20-6-4-18(5-7-20)13-24-9-11-25(12-10-24)21(28)15-27/h2-8,14,27H,9-13,15-16H2,1H3. The highest BCUT2D eigenvalue weighted by atomic mass is 16.5. The summed E-state index contributed by atoms with van der Waals surface area (Å²) in [6.45, 7) is 5.88. The first-order valence-corrected chi connectivity index (χ1v) is 9.88. The number of imidazole rings is 1. The average molecular weight is 394 g/mol. The number of carbonyl (C=O) groups is 1. The third-order valence-corrected chi connectivity index (χ3v) is 5.30. The van der Waals surface area contributed by atoms with E-state index < -0.39 is 6.61 Å². The summed E-state index contributed by atoms with van der Waals surface area (Å²) >= 11 is 0. The summed E-state index contributed by atoms with van der Waals surface area (Å²) in [6, 6.07) is 12.2.